The Kier molecular flexibility index (Phi) is 5.42. The molecule has 0 bridgehead atoms. The van der Waals surface area contributed by atoms with E-state index in [0.717, 1.165) is 35.1 Å². The van der Waals surface area contributed by atoms with Crippen molar-refractivity contribution in [2.75, 3.05) is 26.2 Å². The SMILES string of the molecule is CCN1CCC(CNC(=O)c2ccc(Br)cc2Br)C1. The molecule has 1 aliphatic rings. The highest BCUT2D eigenvalue weighted by molar-refractivity contribution is 9.11. The van der Waals surface area contributed by atoms with Crippen molar-refractivity contribution >= 4 is 37.8 Å². The Labute approximate surface area is 131 Å². The molecule has 19 heavy (non-hydrogen) atoms. The minimum atomic E-state index is -0.00526. The van der Waals surface area contributed by atoms with Crippen molar-refractivity contribution in [1.82, 2.24) is 10.2 Å². The quantitative estimate of drug-likeness (QED) is 0.856. The van der Waals surface area contributed by atoms with E-state index in [-0.39, 0.29) is 5.91 Å². The van der Waals surface area contributed by atoms with Gasteiger partial charge in [-0.25, -0.2) is 0 Å². The summed E-state index contributed by atoms with van der Waals surface area (Å²) in [4.78, 5) is 14.5. The van der Waals surface area contributed by atoms with Gasteiger partial charge in [0.15, 0.2) is 0 Å². The number of carbonyl (C=O) groups excluding carboxylic acids is 1. The zero-order chi connectivity index (χ0) is 13.8. The van der Waals surface area contributed by atoms with Crippen LogP contribution in [0.1, 0.15) is 23.7 Å². The number of nitrogens with one attached hydrogen (secondary N) is 1. The van der Waals surface area contributed by atoms with Crippen molar-refractivity contribution < 1.29 is 4.79 Å². The molecule has 0 aliphatic carbocycles. The highest BCUT2D eigenvalue weighted by Crippen LogP contribution is 2.22. The Balaban J connectivity index is 1.88. The van der Waals surface area contributed by atoms with Crippen molar-refractivity contribution in [1.29, 1.82) is 0 Å². The lowest BCUT2D eigenvalue weighted by Crippen LogP contribution is -2.31. The number of hydrogen-bond acceptors (Lipinski definition) is 2. The van der Waals surface area contributed by atoms with Crippen LogP contribution in [-0.2, 0) is 0 Å². The lowest BCUT2D eigenvalue weighted by Gasteiger charge is -2.14. The van der Waals surface area contributed by atoms with Crippen molar-refractivity contribution in [3.63, 3.8) is 0 Å². The summed E-state index contributed by atoms with van der Waals surface area (Å²) in [6.45, 7) is 6.29. The van der Waals surface area contributed by atoms with Crippen LogP contribution in [0.3, 0.4) is 0 Å². The van der Waals surface area contributed by atoms with Gasteiger partial charge in [-0.2, -0.15) is 0 Å². The summed E-state index contributed by atoms with van der Waals surface area (Å²) in [6.07, 6.45) is 1.18. The number of carbonyl (C=O) groups is 1. The van der Waals surface area contributed by atoms with Gasteiger partial charge in [-0.05, 0) is 59.6 Å². The zero-order valence-electron chi connectivity index (χ0n) is 11.0. The van der Waals surface area contributed by atoms with Crippen LogP contribution < -0.4 is 5.32 Å². The number of amides is 1. The molecule has 104 valence electrons. The molecule has 1 fully saturated rings. The van der Waals surface area contributed by atoms with Gasteiger partial charge in [0.2, 0.25) is 0 Å². The van der Waals surface area contributed by atoms with Crippen LogP contribution in [-0.4, -0.2) is 37.0 Å². The van der Waals surface area contributed by atoms with E-state index < -0.39 is 0 Å². The molecule has 1 saturated heterocycles. The van der Waals surface area contributed by atoms with E-state index in [9.17, 15) is 4.79 Å². The summed E-state index contributed by atoms with van der Waals surface area (Å²) < 4.78 is 1.78. The lowest BCUT2D eigenvalue weighted by molar-refractivity contribution is 0.0946. The number of rotatable bonds is 4. The van der Waals surface area contributed by atoms with Gasteiger partial charge in [-0.1, -0.05) is 22.9 Å². The van der Waals surface area contributed by atoms with Crippen LogP contribution >= 0.6 is 31.9 Å². The number of hydrogen-bond donors (Lipinski definition) is 1. The van der Waals surface area contributed by atoms with E-state index in [1.807, 2.05) is 18.2 Å². The highest BCUT2D eigenvalue weighted by atomic mass is 79.9. The van der Waals surface area contributed by atoms with Gasteiger partial charge >= 0.3 is 0 Å². The summed E-state index contributed by atoms with van der Waals surface area (Å²) >= 11 is 6.81. The fourth-order valence-corrected chi connectivity index (χ4v) is 3.60. The van der Waals surface area contributed by atoms with E-state index in [0.29, 0.717) is 11.5 Å². The van der Waals surface area contributed by atoms with Crippen LogP contribution in [0.5, 0.6) is 0 Å². The van der Waals surface area contributed by atoms with Crippen molar-refractivity contribution in [3.8, 4) is 0 Å². The minimum absolute atomic E-state index is 0.00526. The third kappa shape index (κ3) is 4.04. The first-order valence-corrected chi connectivity index (χ1v) is 8.14. The predicted molar refractivity (Wildman–Crippen MR) is 84.4 cm³/mol. The Bertz CT molecular complexity index is 465. The van der Waals surface area contributed by atoms with Crippen molar-refractivity contribution in [2.24, 2.45) is 5.92 Å². The first-order chi connectivity index (χ1) is 9.10. The molecule has 1 aromatic rings. The van der Waals surface area contributed by atoms with Gasteiger partial charge in [0, 0.05) is 22.0 Å². The molecular weight excluding hydrogens is 372 g/mol. The fourth-order valence-electron chi connectivity index (χ4n) is 2.37. The molecule has 5 heteroatoms. The van der Waals surface area contributed by atoms with Crippen LogP contribution in [0.4, 0.5) is 0 Å². The van der Waals surface area contributed by atoms with Gasteiger partial charge in [-0.15, -0.1) is 0 Å². The largest absolute Gasteiger partial charge is 0.352 e. The van der Waals surface area contributed by atoms with Gasteiger partial charge in [0.05, 0.1) is 5.56 Å². The molecule has 0 spiro atoms. The minimum Gasteiger partial charge on any atom is -0.352 e. The molecule has 2 rings (SSSR count). The van der Waals surface area contributed by atoms with Gasteiger partial charge < -0.3 is 10.2 Å². The van der Waals surface area contributed by atoms with E-state index in [1.165, 1.54) is 6.42 Å². The Morgan fingerprint density at radius 1 is 1.47 bits per heavy atom. The van der Waals surface area contributed by atoms with Crippen LogP contribution in [0.25, 0.3) is 0 Å². The Hall–Kier alpha value is -0.390. The molecular formula is C14H18Br2N2O. The number of benzene rings is 1. The molecule has 1 aliphatic heterocycles. The second-order valence-electron chi connectivity index (χ2n) is 4.88. The Morgan fingerprint density at radius 3 is 2.89 bits per heavy atom. The van der Waals surface area contributed by atoms with Crippen molar-refractivity contribution in [3.05, 3.63) is 32.7 Å². The summed E-state index contributed by atoms with van der Waals surface area (Å²) in [5, 5.41) is 3.03. The molecule has 0 aromatic heterocycles. The second-order valence-corrected chi connectivity index (χ2v) is 6.65. The number of halogens is 2. The van der Waals surface area contributed by atoms with E-state index in [1.54, 1.807) is 0 Å². The van der Waals surface area contributed by atoms with Gasteiger partial charge in [-0.3, -0.25) is 4.79 Å². The molecule has 1 unspecified atom stereocenters. The lowest BCUT2D eigenvalue weighted by atomic mass is 10.1. The molecule has 3 nitrogen and oxygen atoms in total. The average molecular weight is 390 g/mol. The average Bonchev–Trinajstić information content (AvgIpc) is 2.84. The van der Waals surface area contributed by atoms with E-state index >= 15 is 0 Å². The molecule has 1 aromatic carbocycles. The second kappa shape index (κ2) is 6.86. The molecule has 0 radical (unpaired) electrons. The maximum Gasteiger partial charge on any atom is 0.252 e. The van der Waals surface area contributed by atoms with Gasteiger partial charge in [0.25, 0.3) is 5.91 Å². The highest BCUT2D eigenvalue weighted by Gasteiger charge is 2.21. The topological polar surface area (TPSA) is 32.3 Å². The maximum atomic E-state index is 12.1. The summed E-state index contributed by atoms with van der Waals surface area (Å²) in [5.74, 6) is 0.576. The summed E-state index contributed by atoms with van der Waals surface area (Å²) in [6, 6.07) is 5.61. The van der Waals surface area contributed by atoms with Crippen LogP contribution in [0, 0.1) is 5.92 Å². The van der Waals surface area contributed by atoms with Crippen molar-refractivity contribution in [2.45, 2.75) is 13.3 Å². The summed E-state index contributed by atoms with van der Waals surface area (Å²) in [5.41, 5.74) is 0.688. The standard InChI is InChI=1S/C14H18Br2N2O/c1-2-18-6-5-10(9-18)8-17-14(19)12-4-3-11(15)7-13(12)16/h3-4,7,10H,2,5-6,8-9H2,1H3,(H,17,19). The molecule has 1 atom stereocenters. The molecule has 0 saturated carbocycles. The number of nitrogens with zero attached hydrogens (tertiary/aromatic N) is 1. The van der Waals surface area contributed by atoms with Crippen LogP contribution in [0.15, 0.2) is 27.1 Å². The number of likely N-dealkylation sites (tertiary alicyclic amines) is 1. The van der Waals surface area contributed by atoms with Crippen LogP contribution in [0.2, 0.25) is 0 Å². The molecule has 1 heterocycles. The fraction of sp³-hybridized carbons (Fsp3) is 0.500. The monoisotopic (exact) mass is 388 g/mol. The Morgan fingerprint density at radius 2 is 2.26 bits per heavy atom. The zero-order valence-corrected chi connectivity index (χ0v) is 14.1. The van der Waals surface area contributed by atoms with E-state index in [4.69, 9.17) is 0 Å². The molecule has 1 amide bonds. The third-order valence-electron chi connectivity index (χ3n) is 3.54. The molecule has 1 N–H and O–H groups in total. The van der Waals surface area contributed by atoms with E-state index in [2.05, 4.69) is 49.0 Å². The van der Waals surface area contributed by atoms with Gasteiger partial charge in [0.1, 0.15) is 0 Å². The smallest absolute Gasteiger partial charge is 0.252 e. The normalized spacial score (nSPS) is 19.6. The predicted octanol–water partition coefficient (Wildman–Crippen LogP) is 3.28. The third-order valence-corrected chi connectivity index (χ3v) is 4.69. The first-order valence-electron chi connectivity index (χ1n) is 6.55. The summed E-state index contributed by atoms with van der Waals surface area (Å²) in [7, 11) is 0. The first kappa shape index (κ1) is 15.0. The maximum absolute atomic E-state index is 12.1.